The van der Waals surface area contributed by atoms with Crippen LogP contribution >= 0.6 is 0 Å². The van der Waals surface area contributed by atoms with Crippen molar-refractivity contribution in [1.82, 2.24) is 0 Å². The Bertz CT molecular complexity index is 702. The molecule has 2 nitrogen and oxygen atoms in total. The van der Waals surface area contributed by atoms with Gasteiger partial charge in [-0.15, -0.1) is 0 Å². The SMILES string of the molecule is OCCC(Oc1cccc2ccccc12)c1ccccc1. The van der Waals surface area contributed by atoms with Crippen LogP contribution in [0.15, 0.2) is 72.8 Å². The molecular formula is C19H18O2. The van der Waals surface area contributed by atoms with Gasteiger partial charge in [-0.05, 0) is 17.0 Å². The molecule has 0 fully saturated rings. The number of hydrogen-bond donors (Lipinski definition) is 1. The van der Waals surface area contributed by atoms with Gasteiger partial charge in [0.2, 0.25) is 0 Å². The van der Waals surface area contributed by atoms with Crippen LogP contribution in [0.1, 0.15) is 18.1 Å². The van der Waals surface area contributed by atoms with Crippen LogP contribution in [0.25, 0.3) is 10.8 Å². The van der Waals surface area contributed by atoms with Gasteiger partial charge in [-0.25, -0.2) is 0 Å². The molecule has 0 aliphatic carbocycles. The largest absolute Gasteiger partial charge is 0.485 e. The van der Waals surface area contributed by atoms with Crippen LogP contribution in [0.2, 0.25) is 0 Å². The lowest BCUT2D eigenvalue weighted by Crippen LogP contribution is -2.09. The standard InChI is InChI=1S/C19H18O2/c20-14-13-18(16-8-2-1-3-9-16)21-19-12-6-10-15-7-4-5-11-17(15)19/h1-12,18,20H,13-14H2. The summed E-state index contributed by atoms with van der Waals surface area (Å²) in [6, 6.07) is 24.3. The second kappa shape index (κ2) is 6.42. The topological polar surface area (TPSA) is 29.5 Å². The van der Waals surface area contributed by atoms with Gasteiger partial charge in [0.25, 0.3) is 0 Å². The van der Waals surface area contributed by atoms with Gasteiger partial charge in [-0.2, -0.15) is 0 Å². The molecule has 0 saturated carbocycles. The Kier molecular flexibility index (Phi) is 4.17. The van der Waals surface area contributed by atoms with Crippen molar-refractivity contribution in [3.05, 3.63) is 78.4 Å². The Balaban J connectivity index is 1.95. The quantitative estimate of drug-likeness (QED) is 0.752. The van der Waals surface area contributed by atoms with Crippen molar-refractivity contribution in [2.45, 2.75) is 12.5 Å². The van der Waals surface area contributed by atoms with Gasteiger partial charge in [-0.3, -0.25) is 0 Å². The minimum atomic E-state index is -0.137. The zero-order chi connectivity index (χ0) is 14.5. The third-order valence-electron chi connectivity index (χ3n) is 3.58. The van der Waals surface area contributed by atoms with E-state index in [0.717, 1.165) is 22.1 Å². The molecule has 3 aromatic rings. The van der Waals surface area contributed by atoms with E-state index in [9.17, 15) is 5.11 Å². The van der Waals surface area contributed by atoms with E-state index in [-0.39, 0.29) is 12.7 Å². The summed E-state index contributed by atoms with van der Waals surface area (Å²) in [5, 5.41) is 11.6. The average Bonchev–Trinajstić information content (AvgIpc) is 2.55. The fraction of sp³-hybridized carbons (Fsp3) is 0.158. The number of ether oxygens (including phenoxy) is 1. The van der Waals surface area contributed by atoms with Gasteiger partial charge >= 0.3 is 0 Å². The first kappa shape index (κ1) is 13.7. The number of fused-ring (bicyclic) bond motifs is 1. The number of benzene rings is 3. The summed E-state index contributed by atoms with van der Waals surface area (Å²) in [5.74, 6) is 0.857. The lowest BCUT2D eigenvalue weighted by molar-refractivity contribution is 0.157. The van der Waals surface area contributed by atoms with Crippen molar-refractivity contribution in [2.75, 3.05) is 6.61 Å². The zero-order valence-electron chi connectivity index (χ0n) is 11.8. The maximum absolute atomic E-state index is 9.31. The van der Waals surface area contributed by atoms with Crippen LogP contribution in [0, 0.1) is 0 Å². The van der Waals surface area contributed by atoms with Crippen LogP contribution < -0.4 is 4.74 Å². The first-order valence-electron chi connectivity index (χ1n) is 7.19. The first-order chi connectivity index (χ1) is 10.4. The van der Waals surface area contributed by atoms with Crippen LogP contribution in [0.3, 0.4) is 0 Å². The Morgan fingerprint density at radius 1 is 0.810 bits per heavy atom. The maximum atomic E-state index is 9.31. The third-order valence-corrected chi connectivity index (χ3v) is 3.58. The highest BCUT2D eigenvalue weighted by atomic mass is 16.5. The molecule has 2 heteroatoms. The van der Waals surface area contributed by atoms with E-state index in [1.165, 1.54) is 0 Å². The highest BCUT2D eigenvalue weighted by Crippen LogP contribution is 2.30. The lowest BCUT2D eigenvalue weighted by atomic mass is 10.1. The Morgan fingerprint density at radius 3 is 2.33 bits per heavy atom. The lowest BCUT2D eigenvalue weighted by Gasteiger charge is -2.20. The highest BCUT2D eigenvalue weighted by Gasteiger charge is 2.14. The van der Waals surface area contributed by atoms with Crippen LogP contribution in [-0.2, 0) is 0 Å². The van der Waals surface area contributed by atoms with Gasteiger partial charge in [0.1, 0.15) is 11.9 Å². The average molecular weight is 278 g/mol. The second-order valence-corrected chi connectivity index (χ2v) is 5.01. The van der Waals surface area contributed by atoms with E-state index in [4.69, 9.17) is 4.74 Å². The molecule has 0 radical (unpaired) electrons. The monoisotopic (exact) mass is 278 g/mol. The van der Waals surface area contributed by atoms with Crippen LogP contribution in [0.4, 0.5) is 0 Å². The predicted molar refractivity (Wildman–Crippen MR) is 85.5 cm³/mol. The number of rotatable bonds is 5. The number of aliphatic hydroxyl groups excluding tert-OH is 1. The van der Waals surface area contributed by atoms with Crippen molar-refractivity contribution in [2.24, 2.45) is 0 Å². The molecule has 0 aliphatic heterocycles. The molecular weight excluding hydrogens is 260 g/mol. The molecule has 0 saturated heterocycles. The van der Waals surface area contributed by atoms with Gasteiger partial charge in [0.05, 0.1) is 0 Å². The van der Waals surface area contributed by atoms with Gasteiger partial charge in [-0.1, -0.05) is 66.7 Å². The molecule has 0 amide bonds. The van der Waals surface area contributed by atoms with Gasteiger partial charge in [0.15, 0.2) is 0 Å². The minimum absolute atomic E-state index is 0.102. The van der Waals surface area contributed by atoms with E-state index in [0.29, 0.717) is 6.42 Å². The van der Waals surface area contributed by atoms with Crippen molar-refractivity contribution < 1.29 is 9.84 Å². The van der Waals surface area contributed by atoms with Crippen molar-refractivity contribution in [1.29, 1.82) is 0 Å². The Morgan fingerprint density at radius 2 is 1.52 bits per heavy atom. The highest BCUT2D eigenvalue weighted by molar-refractivity contribution is 5.88. The molecule has 1 atom stereocenters. The van der Waals surface area contributed by atoms with Crippen molar-refractivity contribution in [3.8, 4) is 5.75 Å². The molecule has 0 bridgehead atoms. The summed E-state index contributed by atoms with van der Waals surface area (Å²) < 4.78 is 6.19. The van der Waals surface area contributed by atoms with Gasteiger partial charge < -0.3 is 9.84 Å². The summed E-state index contributed by atoms with van der Waals surface area (Å²) in [4.78, 5) is 0. The van der Waals surface area contributed by atoms with E-state index in [2.05, 4.69) is 18.2 Å². The smallest absolute Gasteiger partial charge is 0.128 e. The Hall–Kier alpha value is -2.32. The van der Waals surface area contributed by atoms with E-state index >= 15 is 0 Å². The number of hydrogen-bond acceptors (Lipinski definition) is 2. The molecule has 1 N–H and O–H groups in total. The summed E-state index contributed by atoms with van der Waals surface area (Å²) in [7, 11) is 0. The Labute approximate surface area is 124 Å². The first-order valence-corrected chi connectivity index (χ1v) is 7.19. The van der Waals surface area contributed by atoms with E-state index in [1.807, 2.05) is 54.6 Å². The molecule has 3 rings (SSSR count). The molecule has 106 valence electrons. The zero-order valence-corrected chi connectivity index (χ0v) is 11.8. The minimum Gasteiger partial charge on any atom is -0.485 e. The van der Waals surface area contributed by atoms with E-state index < -0.39 is 0 Å². The summed E-state index contributed by atoms with van der Waals surface area (Å²) in [5.41, 5.74) is 1.08. The summed E-state index contributed by atoms with van der Waals surface area (Å²) >= 11 is 0. The summed E-state index contributed by atoms with van der Waals surface area (Å²) in [6.45, 7) is 0.102. The molecule has 0 aliphatic rings. The van der Waals surface area contributed by atoms with E-state index in [1.54, 1.807) is 0 Å². The van der Waals surface area contributed by atoms with Crippen molar-refractivity contribution in [3.63, 3.8) is 0 Å². The fourth-order valence-electron chi connectivity index (χ4n) is 2.53. The fourth-order valence-corrected chi connectivity index (χ4v) is 2.53. The molecule has 0 aromatic heterocycles. The van der Waals surface area contributed by atoms with Crippen LogP contribution in [-0.4, -0.2) is 11.7 Å². The molecule has 3 aromatic carbocycles. The molecule has 0 heterocycles. The summed E-state index contributed by atoms with van der Waals surface area (Å²) in [6.07, 6.45) is 0.440. The maximum Gasteiger partial charge on any atom is 0.128 e. The molecule has 1 unspecified atom stereocenters. The van der Waals surface area contributed by atoms with Crippen LogP contribution in [0.5, 0.6) is 5.75 Å². The third kappa shape index (κ3) is 3.06. The predicted octanol–water partition coefficient (Wildman–Crippen LogP) is 4.34. The number of aliphatic hydroxyl groups is 1. The molecule has 21 heavy (non-hydrogen) atoms. The van der Waals surface area contributed by atoms with Gasteiger partial charge in [0, 0.05) is 18.4 Å². The normalized spacial score (nSPS) is 12.2. The second-order valence-electron chi connectivity index (χ2n) is 5.01. The molecule has 0 spiro atoms. The van der Waals surface area contributed by atoms with Crippen molar-refractivity contribution >= 4 is 10.8 Å².